The van der Waals surface area contributed by atoms with E-state index in [-0.39, 0.29) is 5.56 Å². The number of amides is 2. The minimum absolute atomic E-state index is 0.288. The molecule has 9 rings (SSSR count). The molecule has 4 heterocycles. The molecule has 1 aliphatic rings. The maximum absolute atomic E-state index is 14.5. The summed E-state index contributed by atoms with van der Waals surface area (Å²) in [4.78, 5) is 42.1. The lowest BCUT2D eigenvalue weighted by Crippen LogP contribution is -2.29. The molecule has 0 fully saturated rings. The third-order valence-corrected chi connectivity index (χ3v) is 9.62. The predicted octanol–water partition coefficient (Wildman–Crippen LogP) is 9.80. The minimum Gasteiger partial charge on any atom is -0.308 e. The zero-order valence-corrected chi connectivity index (χ0v) is 27.4. The fourth-order valence-corrected chi connectivity index (χ4v) is 7.16. The number of fused-ring (bicyclic) bond motifs is 4. The Hall–Kier alpha value is -7.68. The average molecular weight is 669 g/mol. The van der Waals surface area contributed by atoms with Crippen molar-refractivity contribution in [2.24, 2.45) is 0 Å². The Kier molecular flexibility index (Phi) is 7.03. The highest BCUT2D eigenvalue weighted by Gasteiger charge is 2.39. The lowest BCUT2D eigenvalue weighted by atomic mass is 10.0. The summed E-state index contributed by atoms with van der Waals surface area (Å²) >= 11 is 0. The van der Waals surface area contributed by atoms with Crippen LogP contribution in [0, 0.1) is 17.9 Å². The Bertz CT molecular complexity index is 2750. The summed E-state index contributed by atoms with van der Waals surface area (Å²) < 4.78 is 2.00. The molecule has 8 heteroatoms. The predicted molar refractivity (Wildman–Crippen MR) is 201 cm³/mol. The third-order valence-electron chi connectivity index (χ3n) is 9.62. The first-order valence-electron chi connectivity index (χ1n) is 16.5. The van der Waals surface area contributed by atoms with E-state index in [2.05, 4.69) is 20.9 Å². The Morgan fingerprint density at radius 2 is 1.25 bits per heavy atom. The van der Waals surface area contributed by atoms with E-state index < -0.39 is 11.8 Å². The van der Waals surface area contributed by atoms with Crippen molar-refractivity contribution >= 4 is 45.0 Å². The van der Waals surface area contributed by atoms with Gasteiger partial charge in [0.15, 0.2) is 5.69 Å². The highest BCUT2D eigenvalue weighted by Crippen LogP contribution is 2.41. The van der Waals surface area contributed by atoms with Crippen LogP contribution in [0.3, 0.4) is 0 Å². The first kappa shape index (κ1) is 30.4. The second-order valence-electron chi connectivity index (χ2n) is 12.4. The van der Waals surface area contributed by atoms with Crippen LogP contribution in [0.4, 0.5) is 11.4 Å². The topological polar surface area (TPSA) is 96.2 Å². The smallest absolute Gasteiger partial charge is 0.268 e. The second kappa shape index (κ2) is 12.0. The van der Waals surface area contributed by atoms with Crippen molar-refractivity contribution in [3.05, 3.63) is 174 Å². The van der Waals surface area contributed by atoms with Gasteiger partial charge in [-0.15, -0.1) is 0 Å². The maximum atomic E-state index is 14.5. The zero-order valence-electron chi connectivity index (χ0n) is 27.4. The summed E-state index contributed by atoms with van der Waals surface area (Å²) in [6, 6.07) is 40.2. The van der Waals surface area contributed by atoms with Gasteiger partial charge in [-0.05, 0) is 70.8 Å². The summed E-state index contributed by atoms with van der Waals surface area (Å²) in [6.07, 6.45) is 6.53. The molecule has 2 amide bonds. The van der Waals surface area contributed by atoms with Crippen molar-refractivity contribution in [1.29, 1.82) is 5.26 Å². The number of nitrogens with zero attached hydrogens (tertiary/aromatic N) is 6. The standard InChI is InChI=1S/C44H24N6O2/c1-46-38-19-21-48-26-37(38)30-13-17-34-33-16-12-29(36-25-47-20-18-31(36)24-45)22-40(33)50(41(34)23-30)39-9-5-8-35-42(39)44(52)49(43(35)51)32-14-10-28(11-15-32)27-6-3-2-4-7-27/h2-23,25-26H. The van der Waals surface area contributed by atoms with E-state index in [0.717, 1.165) is 44.1 Å². The van der Waals surface area contributed by atoms with Crippen molar-refractivity contribution < 1.29 is 9.59 Å². The molecule has 0 spiro atoms. The van der Waals surface area contributed by atoms with E-state index >= 15 is 0 Å². The number of imide groups is 1. The van der Waals surface area contributed by atoms with Crippen molar-refractivity contribution in [3.63, 3.8) is 0 Å². The quantitative estimate of drug-likeness (QED) is 0.134. The number of pyridine rings is 2. The monoisotopic (exact) mass is 668 g/mol. The van der Waals surface area contributed by atoms with E-state index in [1.807, 2.05) is 89.5 Å². The second-order valence-corrected chi connectivity index (χ2v) is 12.4. The summed E-state index contributed by atoms with van der Waals surface area (Å²) in [5.41, 5.74) is 9.03. The van der Waals surface area contributed by atoms with E-state index in [4.69, 9.17) is 6.57 Å². The van der Waals surface area contributed by atoms with Gasteiger partial charge in [0.2, 0.25) is 0 Å². The van der Waals surface area contributed by atoms with Crippen LogP contribution in [0.1, 0.15) is 26.3 Å². The van der Waals surface area contributed by atoms with Crippen molar-refractivity contribution in [2.45, 2.75) is 0 Å². The van der Waals surface area contributed by atoms with Gasteiger partial charge < -0.3 is 4.57 Å². The van der Waals surface area contributed by atoms with Gasteiger partial charge in [0, 0.05) is 46.7 Å². The lowest BCUT2D eigenvalue weighted by molar-refractivity contribution is 0.0926. The summed E-state index contributed by atoms with van der Waals surface area (Å²) in [7, 11) is 0. The van der Waals surface area contributed by atoms with Gasteiger partial charge >= 0.3 is 0 Å². The molecule has 0 unspecified atom stereocenters. The number of benzene rings is 5. The first-order chi connectivity index (χ1) is 25.6. The average Bonchev–Trinajstić information content (AvgIpc) is 3.67. The molecular formula is C44H24N6O2. The molecule has 3 aromatic heterocycles. The number of nitriles is 1. The number of carbonyl (C=O) groups is 2. The van der Waals surface area contributed by atoms with Crippen molar-refractivity contribution in [1.82, 2.24) is 14.5 Å². The van der Waals surface area contributed by atoms with Crippen LogP contribution in [-0.2, 0) is 0 Å². The van der Waals surface area contributed by atoms with Crippen molar-refractivity contribution in [2.75, 3.05) is 4.90 Å². The highest BCUT2D eigenvalue weighted by molar-refractivity contribution is 6.35. The van der Waals surface area contributed by atoms with E-state index in [1.165, 1.54) is 4.90 Å². The number of anilines is 1. The maximum Gasteiger partial charge on any atom is 0.268 e. The first-order valence-corrected chi connectivity index (χ1v) is 16.5. The fourth-order valence-electron chi connectivity index (χ4n) is 7.16. The van der Waals surface area contributed by atoms with Gasteiger partial charge in [0.1, 0.15) is 0 Å². The molecular weight excluding hydrogens is 645 g/mol. The number of aromatic nitrogens is 3. The molecule has 5 aromatic carbocycles. The molecule has 52 heavy (non-hydrogen) atoms. The SMILES string of the molecule is [C-]#[N+]c1ccncc1-c1ccc2c3ccc(-c4cnccc4C#N)cc3n(-c3cccc4c3C(=O)N(c3ccc(-c5ccccc5)cc3)C4=O)c2c1. The van der Waals surface area contributed by atoms with Gasteiger partial charge in [0.25, 0.3) is 11.8 Å². The van der Waals surface area contributed by atoms with E-state index in [9.17, 15) is 14.9 Å². The molecule has 1 aliphatic heterocycles. The van der Waals surface area contributed by atoms with Gasteiger partial charge in [-0.25, -0.2) is 9.74 Å². The van der Waals surface area contributed by atoms with E-state index in [0.29, 0.717) is 39.3 Å². The van der Waals surface area contributed by atoms with Crippen LogP contribution in [-0.4, -0.2) is 26.3 Å². The van der Waals surface area contributed by atoms with Crippen LogP contribution in [0.25, 0.3) is 65.7 Å². The summed E-state index contributed by atoms with van der Waals surface area (Å²) in [5.74, 6) is -0.825. The van der Waals surface area contributed by atoms with Crippen molar-refractivity contribution in [3.8, 4) is 45.1 Å². The molecule has 0 saturated carbocycles. The highest BCUT2D eigenvalue weighted by atomic mass is 16.2. The Labute approximate surface area is 297 Å². The van der Waals surface area contributed by atoms with Crippen LogP contribution in [0.15, 0.2) is 146 Å². The largest absolute Gasteiger partial charge is 0.308 e. The van der Waals surface area contributed by atoms with Crippen LogP contribution < -0.4 is 4.90 Å². The van der Waals surface area contributed by atoms with Gasteiger partial charge in [-0.2, -0.15) is 5.26 Å². The molecule has 242 valence electrons. The minimum atomic E-state index is -0.424. The zero-order chi connectivity index (χ0) is 35.3. The molecule has 0 aliphatic carbocycles. The number of rotatable bonds is 5. The Morgan fingerprint density at radius 1 is 0.615 bits per heavy atom. The third kappa shape index (κ3) is 4.68. The van der Waals surface area contributed by atoms with Crippen LogP contribution in [0.2, 0.25) is 0 Å². The Morgan fingerprint density at radius 3 is 1.94 bits per heavy atom. The fraction of sp³-hybridized carbons (Fsp3) is 0. The molecule has 0 saturated heterocycles. The number of hydrogen-bond acceptors (Lipinski definition) is 5. The van der Waals surface area contributed by atoms with Gasteiger partial charge in [-0.3, -0.25) is 19.6 Å². The van der Waals surface area contributed by atoms with Gasteiger partial charge in [-0.1, -0.05) is 72.8 Å². The molecule has 8 nitrogen and oxygen atoms in total. The number of hydrogen-bond donors (Lipinski definition) is 0. The van der Waals surface area contributed by atoms with Crippen LogP contribution in [0.5, 0.6) is 0 Å². The molecule has 8 aromatic rings. The lowest BCUT2D eigenvalue weighted by Gasteiger charge is -2.16. The molecule has 0 atom stereocenters. The molecule has 0 bridgehead atoms. The van der Waals surface area contributed by atoms with Gasteiger partial charge in [0.05, 0.1) is 51.7 Å². The molecule has 0 N–H and O–H groups in total. The van der Waals surface area contributed by atoms with Crippen LogP contribution >= 0.6 is 0 Å². The number of carbonyl (C=O) groups excluding carboxylic acids is 2. The Balaban J connectivity index is 1.27. The summed E-state index contributed by atoms with van der Waals surface area (Å²) in [5, 5.41) is 11.7. The molecule has 0 radical (unpaired) electrons. The summed E-state index contributed by atoms with van der Waals surface area (Å²) in [6.45, 7) is 7.76. The normalized spacial score (nSPS) is 12.2. The van der Waals surface area contributed by atoms with E-state index in [1.54, 1.807) is 61.2 Å².